The van der Waals surface area contributed by atoms with Crippen molar-refractivity contribution in [1.82, 2.24) is 0 Å². The van der Waals surface area contributed by atoms with E-state index < -0.39 is 8.32 Å². The zero-order chi connectivity index (χ0) is 19.6. The molecule has 0 unspecified atom stereocenters. The largest absolute Gasteiger partial charge is 0.534 e. The SMILES string of the molecule is CC(C)(C)[Si](Oc1ccc2c(c1)CCC[C]2)(c1ccccc1)c1ccccc1. The second-order valence-electron chi connectivity index (χ2n) is 8.61. The molecule has 0 fully saturated rings. The van der Waals surface area contributed by atoms with Gasteiger partial charge in [0, 0.05) is 6.42 Å². The molecule has 0 saturated carbocycles. The van der Waals surface area contributed by atoms with E-state index in [1.807, 2.05) is 0 Å². The van der Waals surface area contributed by atoms with E-state index in [0.717, 1.165) is 18.6 Å². The van der Waals surface area contributed by atoms with E-state index in [9.17, 15) is 0 Å². The average molecular weight is 385 g/mol. The van der Waals surface area contributed by atoms with E-state index >= 15 is 0 Å². The third-order valence-corrected chi connectivity index (χ3v) is 10.6. The third-order valence-electron chi connectivity index (χ3n) is 5.70. The molecule has 0 amide bonds. The van der Waals surface area contributed by atoms with Crippen LogP contribution in [0.4, 0.5) is 0 Å². The first kappa shape index (κ1) is 19.0. The topological polar surface area (TPSA) is 9.23 Å². The number of benzene rings is 3. The van der Waals surface area contributed by atoms with Crippen LogP contribution in [0.5, 0.6) is 5.75 Å². The van der Waals surface area contributed by atoms with Gasteiger partial charge in [-0.25, -0.2) is 0 Å². The van der Waals surface area contributed by atoms with Crippen LogP contribution >= 0.6 is 0 Å². The molecule has 4 rings (SSSR count). The second-order valence-corrected chi connectivity index (χ2v) is 12.8. The van der Waals surface area contributed by atoms with Crippen LogP contribution in [-0.4, -0.2) is 8.32 Å². The van der Waals surface area contributed by atoms with Crippen LogP contribution in [0.15, 0.2) is 78.9 Å². The van der Waals surface area contributed by atoms with E-state index in [4.69, 9.17) is 4.43 Å². The molecule has 0 aromatic heterocycles. The zero-order valence-electron chi connectivity index (χ0n) is 17.0. The van der Waals surface area contributed by atoms with Crippen molar-refractivity contribution >= 4 is 18.7 Å². The van der Waals surface area contributed by atoms with Gasteiger partial charge in [0.2, 0.25) is 0 Å². The highest BCUT2D eigenvalue weighted by atomic mass is 28.4. The minimum atomic E-state index is -2.56. The van der Waals surface area contributed by atoms with Gasteiger partial charge >= 0.3 is 8.32 Å². The Hall–Kier alpha value is -2.32. The van der Waals surface area contributed by atoms with Gasteiger partial charge in [0.05, 0.1) is 0 Å². The first-order valence-electron chi connectivity index (χ1n) is 10.2. The third kappa shape index (κ3) is 3.42. The fourth-order valence-electron chi connectivity index (χ4n) is 4.34. The summed E-state index contributed by atoms with van der Waals surface area (Å²) in [4.78, 5) is 0. The molecule has 0 N–H and O–H groups in total. The van der Waals surface area contributed by atoms with Crippen LogP contribution in [0.2, 0.25) is 5.04 Å². The maximum Gasteiger partial charge on any atom is 0.319 e. The van der Waals surface area contributed by atoms with Crippen molar-refractivity contribution in [2.45, 2.75) is 45.1 Å². The summed E-state index contributed by atoms with van der Waals surface area (Å²) in [7, 11) is -2.56. The van der Waals surface area contributed by atoms with Crippen molar-refractivity contribution in [3.05, 3.63) is 96.4 Å². The molecule has 0 saturated heterocycles. The number of hydrogen-bond acceptors (Lipinski definition) is 1. The summed E-state index contributed by atoms with van der Waals surface area (Å²) in [6, 6.07) is 28.2. The van der Waals surface area contributed by atoms with Gasteiger partial charge in [-0.2, -0.15) is 0 Å². The van der Waals surface area contributed by atoms with Crippen molar-refractivity contribution in [1.29, 1.82) is 0 Å². The first-order valence-corrected chi connectivity index (χ1v) is 12.1. The molecule has 0 aliphatic heterocycles. The smallest absolute Gasteiger partial charge is 0.319 e. The maximum atomic E-state index is 7.12. The molecule has 0 atom stereocenters. The highest BCUT2D eigenvalue weighted by Gasteiger charge is 2.52. The van der Waals surface area contributed by atoms with Gasteiger partial charge < -0.3 is 4.43 Å². The fourth-order valence-corrected chi connectivity index (χ4v) is 8.75. The lowest BCUT2D eigenvalue weighted by Crippen LogP contribution is -2.68. The second kappa shape index (κ2) is 7.60. The highest BCUT2D eigenvalue weighted by molar-refractivity contribution is 7.00. The molecule has 0 bridgehead atoms. The predicted molar refractivity (Wildman–Crippen MR) is 120 cm³/mol. The van der Waals surface area contributed by atoms with Gasteiger partial charge in [0.15, 0.2) is 0 Å². The number of rotatable bonds is 4. The number of hydrogen-bond donors (Lipinski definition) is 0. The van der Waals surface area contributed by atoms with Crippen LogP contribution in [0.25, 0.3) is 0 Å². The van der Waals surface area contributed by atoms with Crippen LogP contribution in [0.3, 0.4) is 0 Å². The standard InChI is InChI=1S/C26H28OSi/c1-26(2,3)28(24-14-6-4-7-15-24,25-16-8-5-9-17-25)27-23-19-18-21-12-10-11-13-22(21)20-23/h4-9,14-20H,10-11,13H2,1-3H3. The molecular weight excluding hydrogens is 356 g/mol. The van der Waals surface area contributed by atoms with Gasteiger partial charge in [-0.3, -0.25) is 0 Å². The van der Waals surface area contributed by atoms with Crippen LogP contribution < -0.4 is 14.8 Å². The Morgan fingerprint density at radius 2 is 1.43 bits per heavy atom. The van der Waals surface area contributed by atoms with Gasteiger partial charge in [0.25, 0.3) is 0 Å². The maximum absolute atomic E-state index is 7.12. The molecule has 1 aliphatic rings. The average Bonchev–Trinajstić information content (AvgIpc) is 2.72. The molecule has 2 heteroatoms. The zero-order valence-corrected chi connectivity index (χ0v) is 18.0. The molecule has 142 valence electrons. The van der Waals surface area contributed by atoms with Crippen molar-refractivity contribution in [2.75, 3.05) is 0 Å². The summed E-state index contributed by atoms with van der Waals surface area (Å²) in [5.41, 5.74) is 2.61. The van der Waals surface area contributed by atoms with Gasteiger partial charge in [-0.15, -0.1) is 0 Å². The summed E-state index contributed by atoms with van der Waals surface area (Å²) in [5.74, 6) is 0.983. The van der Waals surface area contributed by atoms with E-state index in [-0.39, 0.29) is 5.04 Å². The van der Waals surface area contributed by atoms with Crippen molar-refractivity contribution in [3.8, 4) is 5.75 Å². The summed E-state index contributed by atoms with van der Waals surface area (Å²) >= 11 is 0. The molecule has 3 aromatic rings. The predicted octanol–water partition coefficient (Wildman–Crippen LogP) is 5.39. The van der Waals surface area contributed by atoms with Crippen molar-refractivity contribution in [3.63, 3.8) is 0 Å². The van der Waals surface area contributed by atoms with Crippen LogP contribution in [0.1, 0.15) is 44.7 Å². The summed E-state index contributed by atoms with van der Waals surface area (Å²) in [5, 5.41) is 2.60. The van der Waals surface area contributed by atoms with Crippen molar-refractivity contribution in [2.24, 2.45) is 0 Å². The fraction of sp³-hybridized carbons (Fsp3) is 0.269. The quantitative estimate of drug-likeness (QED) is 0.548. The Labute approximate surface area is 170 Å². The van der Waals surface area contributed by atoms with Gasteiger partial charge in [-0.05, 0) is 57.9 Å². The van der Waals surface area contributed by atoms with E-state index in [2.05, 4.69) is 106 Å². The normalized spacial score (nSPS) is 14.4. The minimum Gasteiger partial charge on any atom is -0.534 e. The lowest BCUT2D eigenvalue weighted by Gasteiger charge is -2.43. The lowest BCUT2D eigenvalue weighted by molar-refractivity contribution is 0.507. The molecule has 2 radical (unpaired) electrons. The molecule has 0 spiro atoms. The van der Waals surface area contributed by atoms with Crippen molar-refractivity contribution < 1.29 is 4.43 Å². The Bertz CT molecular complexity index is 886. The Morgan fingerprint density at radius 3 is 2.00 bits per heavy atom. The minimum absolute atomic E-state index is 0.0239. The Balaban J connectivity index is 1.88. The molecule has 1 aliphatic carbocycles. The lowest BCUT2D eigenvalue weighted by atomic mass is 9.92. The Morgan fingerprint density at radius 1 is 0.821 bits per heavy atom. The molecule has 28 heavy (non-hydrogen) atoms. The van der Waals surface area contributed by atoms with E-state index in [1.165, 1.54) is 27.9 Å². The summed E-state index contributed by atoms with van der Waals surface area (Å²) in [6.45, 7) is 6.96. The van der Waals surface area contributed by atoms with E-state index in [0.29, 0.717) is 0 Å². The van der Waals surface area contributed by atoms with Crippen LogP contribution in [0, 0.1) is 6.42 Å². The Kier molecular flexibility index (Phi) is 5.16. The number of fused-ring (bicyclic) bond motifs is 1. The summed E-state index contributed by atoms with van der Waals surface area (Å²) in [6.07, 6.45) is 6.85. The van der Waals surface area contributed by atoms with Crippen LogP contribution in [-0.2, 0) is 6.42 Å². The molecular formula is C26H28OSi. The monoisotopic (exact) mass is 384 g/mol. The molecule has 1 nitrogen and oxygen atoms in total. The van der Waals surface area contributed by atoms with Gasteiger partial charge in [-0.1, -0.05) is 87.5 Å². The summed E-state index contributed by atoms with van der Waals surface area (Å²) < 4.78 is 7.12. The van der Waals surface area contributed by atoms with Gasteiger partial charge in [0.1, 0.15) is 5.75 Å². The molecule has 3 aromatic carbocycles. The molecule has 0 heterocycles. The van der Waals surface area contributed by atoms with E-state index in [1.54, 1.807) is 0 Å². The number of aryl methyl sites for hydroxylation is 1. The highest BCUT2D eigenvalue weighted by Crippen LogP contribution is 2.38. The first-order chi connectivity index (χ1) is 13.5.